The summed E-state index contributed by atoms with van der Waals surface area (Å²) in [6.45, 7) is 8.23. The van der Waals surface area contributed by atoms with Gasteiger partial charge in [-0.3, -0.25) is 9.69 Å². The van der Waals surface area contributed by atoms with Crippen molar-refractivity contribution in [1.29, 1.82) is 0 Å². The number of carbonyl (C=O) groups is 1. The Kier molecular flexibility index (Phi) is 7.45. The van der Waals surface area contributed by atoms with E-state index in [-0.39, 0.29) is 40.8 Å². The predicted molar refractivity (Wildman–Crippen MR) is 120 cm³/mol. The molecule has 1 amide bonds. The molecule has 1 aromatic carbocycles. The molecule has 2 saturated heterocycles. The summed E-state index contributed by atoms with van der Waals surface area (Å²) in [7, 11) is -6.62. The Bertz CT molecular complexity index is 982. The van der Waals surface area contributed by atoms with E-state index in [1.807, 2.05) is 25.7 Å². The van der Waals surface area contributed by atoms with Crippen molar-refractivity contribution in [3.63, 3.8) is 0 Å². The van der Waals surface area contributed by atoms with Gasteiger partial charge in [-0.05, 0) is 31.4 Å². The topological polar surface area (TPSA) is 95.1 Å². The zero-order valence-corrected chi connectivity index (χ0v) is 20.2. The van der Waals surface area contributed by atoms with Crippen molar-refractivity contribution in [1.82, 2.24) is 14.1 Å². The Morgan fingerprint density at radius 3 is 2.26 bits per heavy atom. The van der Waals surface area contributed by atoms with Crippen LogP contribution in [0.4, 0.5) is 0 Å². The van der Waals surface area contributed by atoms with E-state index >= 15 is 0 Å². The maximum Gasteiger partial charge on any atom is 0.243 e. The molecule has 8 nitrogen and oxygen atoms in total. The first-order valence-corrected chi connectivity index (χ1v) is 14.0. The molecule has 31 heavy (non-hydrogen) atoms. The summed E-state index contributed by atoms with van der Waals surface area (Å²) in [4.78, 5) is 17.0. The van der Waals surface area contributed by atoms with Gasteiger partial charge in [0.05, 0.1) is 22.9 Å². The van der Waals surface area contributed by atoms with Crippen LogP contribution >= 0.6 is 0 Å². The summed E-state index contributed by atoms with van der Waals surface area (Å²) in [5.74, 6) is 0.331. The number of sulfonamides is 1. The van der Waals surface area contributed by atoms with E-state index in [9.17, 15) is 21.6 Å². The molecule has 0 radical (unpaired) electrons. The number of rotatable bonds is 7. The van der Waals surface area contributed by atoms with Gasteiger partial charge in [-0.1, -0.05) is 31.5 Å². The van der Waals surface area contributed by atoms with E-state index in [2.05, 4.69) is 0 Å². The van der Waals surface area contributed by atoms with Crippen LogP contribution in [0.15, 0.2) is 29.2 Å². The summed E-state index contributed by atoms with van der Waals surface area (Å²) < 4.78 is 51.0. The molecule has 0 unspecified atom stereocenters. The quantitative estimate of drug-likeness (QED) is 0.588. The lowest BCUT2D eigenvalue weighted by atomic mass is 10.1. The van der Waals surface area contributed by atoms with Crippen molar-refractivity contribution in [3.05, 3.63) is 29.8 Å². The van der Waals surface area contributed by atoms with Crippen LogP contribution in [0.1, 0.15) is 25.8 Å². The van der Waals surface area contributed by atoms with Crippen LogP contribution in [0.2, 0.25) is 0 Å². The molecule has 2 aliphatic heterocycles. The summed E-state index contributed by atoms with van der Waals surface area (Å²) in [5.41, 5.74) is 1.00. The molecule has 0 aliphatic carbocycles. The van der Waals surface area contributed by atoms with Crippen molar-refractivity contribution in [2.45, 2.75) is 38.1 Å². The molecule has 1 aromatic rings. The first-order chi connectivity index (χ1) is 14.5. The van der Waals surface area contributed by atoms with E-state index in [0.29, 0.717) is 39.1 Å². The predicted octanol–water partition coefficient (Wildman–Crippen LogP) is 0.973. The molecule has 3 rings (SSSR count). The third-order valence-corrected chi connectivity index (χ3v) is 9.54. The van der Waals surface area contributed by atoms with E-state index in [4.69, 9.17) is 0 Å². The molecule has 0 N–H and O–H groups in total. The molecule has 2 aliphatic rings. The van der Waals surface area contributed by atoms with E-state index in [0.717, 1.165) is 5.56 Å². The molecule has 0 spiro atoms. The van der Waals surface area contributed by atoms with Gasteiger partial charge in [0.2, 0.25) is 15.9 Å². The maximum absolute atomic E-state index is 13.0. The van der Waals surface area contributed by atoms with Crippen molar-refractivity contribution in [2.24, 2.45) is 5.92 Å². The number of nitrogens with zero attached hydrogens (tertiary/aromatic N) is 3. The fourth-order valence-electron chi connectivity index (χ4n) is 4.14. The second-order valence-corrected chi connectivity index (χ2v) is 13.2. The minimum absolute atomic E-state index is 0.0357. The first kappa shape index (κ1) is 24.2. The van der Waals surface area contributed by atoms with Crippen LogP contribution in [-0.4, -0.2) is 93.7 Å². The summed E-state index contributed by atoms with van der Waals surface area (Å²) in [6.07, 6.45) is 0.489. The second-order valence-electron chi connectivity index (χ2n) is 8.99. The Hall–Kier alpha value is -1.49. The Labute approximate surface area is 186 Å². The number of benzene rings is 1. The number of hydrogen-bond donors (Lipinski definition) is 0. The fraction of sp³-hybridized carbons (Fsp3) is 0.667. The van der Waals surface area contributed by atoms with Gasteiger partial charge >= 0.3 is 0 Å². The Morgan fingerprint density at radius 2 is 1.74 bits per heavy atom. The Morgan fingerprint density at radius 1 is 1.13 bits per heavy atom. The van der Waals surface area contributed by atoms with Crippen LogP contribution in [0, 0.1) is 12.8 Å². The molecule has 1 atom stereocenters. The van der Waals surface area contributed by atoms with Crippen molar-refractivity contribution in [3.8, 4) is 0 Å². The molecular formula is C21H33N3O5S2. The molecule has 174 valence electrons. The highest BCUT2D eigenvalue weighted by atomic mass is 32.2. The number of hydrogen-bond acceptors (Lipinski definition) is 6. The zero-order valence-electron chi connectivity index (χ0n) is 18.5. The van der Waals surface area contributed by atoms with Crippen LogP contribution in [0.5, 0.6) is 0 Å². The van der Waals surface area contributed by atoms with Gasteiger partial charge in [-0.2, -0.15) is 4.31 Å². The van der Waals surface area contributed by atoms with Crippen LogP contribution in [0.25, 0.3) is 0 Å². The smallest absolute Gasteiger partial charge is 0.243 e. The van der Waals surface area contributed by atoms with E-state index < -0.39 is 19.9 Å². The van der Waals surface area contributed by atoms with E-state index in [1.165, 1.54) is 4.31 Å². The number of amides is 1. The van der Waals surface area contributed by atoms with Crippen molar-refractivity contribution >= 4 is 25.8 Å². The lowest BCUT2D eigenvalue weighted by molar-refractivity contribution is -0.135. The molecule has 0 saturated carbocycles. The average Bonchev–Trinajstić information content (AvgIpc) is 3.06. The van der Waals surface area contributed by atoms with Gasteiger partial charge in [0.1, 0.15) is 0 Å². The van der Waals surface area contributed by atoms with Crippen molar-refractivity contribution in [2.75, 3.05) is 50.8 Å². The molecule has 10 heteroatoms. The van der Waals surface area contributed by atoms with Gasteiger partial charge in [-0.15, -0.1) is 0 Å². The molecular weight excluding hydrogens is 438 g/mol. The minimum atomic E-state index is -3.54. The number of aryl methyl sites for hydroxylation is 1. The first-order valence-electron chi connectivity index (χ1n) is 10.8. The van der Waals surface area contributed by atoms with Crippen LogP contribution in [0.3, 0.4) is 0 Å². The lowest BCUT2D eigenvalue weighted by Crippen LogP contribution is -2.53. The van der Waals surface area contributed by atoms with Crippen molar-refractivity contribution < 1.29 is 21.6 Å². The van der Waals surface area contributed by atoms with E-state index in [1.54, 1.807) is 29.2 Å². The number of sulfone groups is 1. The monoisotopic (exact) mass is 471 g/mol. The maximum atomic E-state index is 13.0. The third kappa shape index (κ3) is 6.06. The highest BCUT2D eigenvalue weighted by molar-refractivity contribution is 7.91. The largest absolute Gasteiger partial charge is 0.337 e. The number of piperazine rings is 1. The Balaban J connectivity index is 1.60. The molecule has 2 heterocycles. The SMILES string of the molecule is Cc1ccc(S(=O)(=O)N2CCN(CC(=O)N(CC(C)C)[C@@H]3CCS(=O)(=O)C3)CC2)cc1. The molecule has 0 aromatic heterocycles. The van der Waals surface area contributed by atoms with Gasteiger partial charge in [0.15, 0.2) is 9.84 Å². The lowest BCUT2D eigenvalue weighted by Gasteiger charge is -2.36. The van der Waals surface area contributed by atoms with Gasteiger partial charge in [0.25, 0.3) is 0 Å². The fourth-order valence-corrected chi connectivity index (χ4v) is 7.29. The number of carbonyl (C=O) groups excluding carboxylic acids is 1. The minimum Gasteiger partial charge on any atom is -0.337 e. The standard InChI is InChI=1S/C21H33N3O5S2/c1-17(2)14-24(19-8-13-30(26,27)16-19)21(25)15-22-9-11-23(12-10-22)31(28,29)20-6-4-18(3)5-7-20/h4-7,17,19H,8-16H2,1-3H3/t19-/m1/s1. The van der Waals surface area contributed by atoms with Gasteiger partial charge in [-0.25, -0.2) is 16.8 Å². The summed E-state index contributed by atoms with van der Waals surface area (Å²) in [6, 6.07) is 6.56. The zero-order chi connectivity index (χ0) is 22.8. The molecule has 2 fully saturated rings. The highest BCUT2D eigenvalue weighted by Gasteiger charge is 2.36. The highest BCUT2D eigenvalue weighted by Crippen LogP contribution is 2.21. The summed E-state index contributed by atoms with van der Waals surface area (Å²) in [5, 5.41) is 0. The molecule has 0 bridgehead atoms. The summed E-state index contributed by atoms with van der Waals surface area (Å²) >= 11 is 0. The normalized spacial score (nSPS) is 22.6. The van der Waals surface area contributed by atoms with Gasteiger partial charge in [0, 0.05) is 38.8 Å². The van der Waals surface area contributed by atoms with Crippen LogP contribution < -0.4 is 0 Å². The average molecular weight is 472 g/mol. The van der Waals surface area contributed by atoms with Gasteiger partial charge < -0.3 is 4.90 Å². The third-order valence-electron chi connectivity index (χ3n) is 5.88. The second kappa shape index (κ2) is 9.56. The van der Waals surface area contributed by atoms with Crippen LogP contribution in [-0.2, 0) is 24.7 Å².